The Morgan fingerprint density at radius 2 is 0.923 bits per heavy atom. The van der Waals surface area contributed by atoms with Gasteiger partial charge in [-0.05, 0) is 115 Å². The van der Waals surface area contributed by atoms with Crippen LogP contribution in [0.25, 0.3) is 0 Å². The van der Waals surface area contributed by atoms with Crippen LogP contribution >= 0.6 is 0 Å². The van der Waals surface area contributed by atoms with Gasteiger partial charge in [0.2, 0.25) is 0 Å². The Balaban J connectivity index is 1.79. The summed E-state index contributed by atoms with van der Waals surface area (Å²) >= 11 is 0. The van der Waals surface area contributed by atoms with E-state index in [-0.39, 0.29) is 6.04 Å². The van der Waals surface area contributed by atoms with Gasteiger partial charge in [-0.25, -0.2) is 9.98 Å². The number of fused-ring (bicyclic) bond motifs is 4. The fourth-order valence-electron chi connectivity index (χ4n) is 7.01. The van der Waals surface area contributed by atoms with E-state index in [2.05, 4.69) is 73.6 Å². The first kappa shape index (κ1) is 27.4. The maximum Gasteiger partial charge on any atom is 0.0775 e. The Kier molecular flexibility index (Phi) is 7.84. The molecule has 4 nitrogen and oxygen atoms in total. The molecule has 0 amide bonds. The summed E-state index contributed by atoms with van der Waals surface area (Å²) in [6.07, 6.45) is 14.4. The van der Waals surface area contributed by atoms with Gasteiger partial charge in [0, 0.05) is 12.1 Å². The first-order valence-corrected chi connectivity index (χ1v) is 15.3. The second kappa shape index (κ2) is 11.2. The summed E-state index contributed by atoms with van der Waals surface area (Å²) in [5.41, 5.74) is 18.6. The Hall–Kier alpha value is -3.14. The summed E-state index contributed by atoms with van der Waals surface area (Å²) in [6, 6.07) is 0.134. The monoisotopic (exact) mass is 520 g/mol. The van der Waals surface area contributed by atoms with Crippen LogP contribution in [0.3, 0.4) is 0 Å². The number of hydrogen-bond acceptors (Lipinski definition) is 4. The standard InChI is InChI=1S/C35H44N4/c1-9-21-20(8)28-16-30-22(10-2)23(11-3)32(37-30)18-34-26(14-6)27(15-7)35(39-34)19-33-25(13-5)24(12-4)31(38-33)17-29(21)36-28/h17-19,28H,9-16H2,1-8H3. The van der Waals surface area contributed by atoms with Gasteiger partial charge in [-0.1, -0.05) is 48.5 Å². The van der Waals surface area contributed by atoms with Crippen molar-refractivity contribution in [2.45, 2.75) is 113 Å². The van der Waals surface area contributed by atoms with Crippen molar-refractivity contribution >= 4 is 22.8 Å². The Morgan fingerprint density at radius 3 is 1.38 bits per heavy atom. The highest BCUT2D eigenvalue weighted by Crippen LogP contribution is 2.39. The second-order valence-electron chi connectivity index (χ2n) is 10.9. The number of rotatable bonds is 7. The van der Waals surface area contributed by atoms with Crippen molar-refractivity contribution in [2.24, 2.45) is 20.0 Å². The van der Waals surface area contributed by atoms with Crippen LogP contribution in [0.2, 0.25) is 0 Å². The van der Waals surface area contributed by atoms with Gasteiger partial charge in [0.05, 0.1) is 40.3 Å². The molecule has 5 aliphatic heterocycles. The van der Waals surface area contributed by atoms with Crippen molar-refractivity contribution in [3.63, 3.8) is 0 Å². The minimum absolute atomic E-state index is 0.134. The van der Waals surface area contributed by atoms with Crippen molar-refractivity contribution < 1.29 is 0 Å². The molecule has 0 aromatic rings. The average Bonchev–Trinajstić information content (AvgIpc) is 3.64. The van der Waals surface area contributed by atoms with Crippen LogP contribution in [-0.2, 0) is 0 Å². The van der Waals surface area contributed by atoms with E-state index in [4.69, 9.17) is 20.0 Å². The van der Waals surface area contributed by atoms with Gasteiger partial charge in [0.15, 0.2) is 0 Å². The highest BCUT2D eigenvalue weighted by atomic mass is 14.9. The summed E-state index contributed by atoms with van der Waals surface area (Å²) in [4.78, 5) is 21.1. The smallest absolute Gasteiger partial charge is 0.0775 e. The lowest BCUT2D eigenvalue weighted by Gasteiger charge is -2.12. The Morgan fingerprint density at radius 1 is 0.513 bits per heavy atom. The third-order valence-electron chi connectivity index (χ3n) is 8.99. The lowest BCUT2D eigenvalue weighted by atomic mass is 9.92. The summed E-state index contributed by atoms with van der Waals surface area (Å²) in [5, 5.41) is 0. The first-order chi connectivity index (χ1) is 18.9. The number of aliphatic imine (C=N–C) groups is 4. The molecule has 204 valence electrons. The van der Waals surface area contributed by atoms with Crippen LogP contribution < -0.4 is 0 Å². The summed E-state index contributed by atoms with van der Waals surface area (Å²) < 4.78 is 0. The molecule has 0 saturated carbocycles. The van der Waals surface area contributed by atoms with Gasteiger partial charge in [-0.3, -0.25) is 9.98 Å². The van der Waals surface area contributed by atoms with E-state index in [0.29, 0.717) is 0 Å². The van der Waals surface area contributed by atoms with Gasteiger partial charge in [-0.2, -0.15) is 0 Å². The molecule has 4 heteroatoms. The van der Waals surface area contributed by atoms with Crippen LogP contribution in [0.4, 0.5) is 0 Å². The third kappa shape index (κ3) is 4.56. The van der Waals surface area contributed by atoms with E-state index < -0.39 is 0 Å². The summed E-state index contributed by atoms with van der Waals surface area (Å²) in [5.74, 6) is 0. The van der Waals surface area contributed by atoms with E-state index in [9.17, 15) is 0 Å². The molecule has 5 heterocycles. The minimum Gasteiger partial charge on any atom is -0.277 e. The van der Waals surface area contributed by atoms with E-state index in [1.165, 1.54) is 50.3 Å². The second-order valence-corrected chi connectivity index (χ2v) is 10.9. The first-order valence-electron chi connectivity index (χ1n) is 15.3. The van der Waals surface area contributed by atoms with Crippen LogP contribution in [0.1, 0.15) is 107 Å². The molecule has 0 aromatic heterocycles. The van der Waals surface area contributed by atoms with E-state index >= 15 is 0 Å². The average molecular weight is 521 g/mol. The molecule has 0 radical (unpaired) electrons. The molecule has 1 atom stereocenters. The van der Waals surface area contributed by atoms with Gasteiger partial charge in [-0.15, -0.1) is 0 Å². The third-order valence-corrected chi connectivity index (χ3v) is 8.99. The lowest BCUT2D eigenvalue weighted by molar-refractivity contribution is 0.817. The molecule has 0 saturated heterocycles. The van der Waals surface area contributed by atoms with E-state index in [1.54, 1.807) is 0 Å². The topological polar surface area (TPSA) is 49.4 Å². The highest BCUT2D eigenvalue weighted by Gasteiger charge is 2.31. The zero-order chi connectivity index (χ0) is 27.8. The van der Waals surface area contributed by atoms with Crippen molar-refractivity contribution in [3.8, 4) is 0 Å². The SMILES string of the molecule is CCC1=C(CC)C2=NC1=CC1=NC(CC3=NC(=CC4=NC(=C2)C(CC)=C4CC)C(CC)=C3CC)C(C)=C1CC. The quantitative estimate of drug-likeness (QED) is 0.321. The zero-order valence-corrected chi connectivity index (χ0v) is 25.3. The predicted molar refractivity (Wildman–Crippen MR) is 168 cm³/mol. The van der Waals surface area contributed by atoms with Gasteiger partial charge in [0.1, 0.15) is 0 Å². The minimum atomic E-state index is 0.134. The van der Waals surface area contributed by atoms with Crippen LogP contribution in [0.15, 0.2) is 99.9 Å². The summed E-state index contributed by atoms with van der Waals surface area (Å²) in [6.45, 7) is 18.0. The zero-order valence-electron chi connectivity index (χ0n) is 25.3. The number of allylic oxidation sites excluding steroid dienone is 10. The van der Waals surface area contributed by atoms with Crippen LogP contribution in [0, 0.1) is 0 Å². The van der Waals surface area contributed by atoms with Crippen molar-refractivity contribution in [2.75, 3.05) is 0 Å². The molecule has 0 N–H and O–H groups in total. The van der Waals surface area contributed by atoms with Gasteiger partial charge in [0.25, 0.3) is 0 Å². The molecular weight excluding hydrogens is 476 g/mol. The van der Waals surface area contributed by atoms with E-state index in [1.807, 2.05) is 0 Å². The van der Waals surface area contributed by atoms with Gasteiger partial charge < -0.3 is 0 Å². The largest absolute Gasteiger partial charge is 0.277 e. The molecule has 0 aliphatic carbocycles. The van der Waals surface area contributed by atoms with Gasteiger partial charge >= 0.3 is 0 Å². The number of nitrogens with zero attached hydrogens (tertiary/aromatic N) is 4. The van der Waals surface area contributed by atoms with Crippen molar-refractivity contribution in [1.82, 2.24) is 0 Å². The molecule has 0 fully saturated rings. The normalized spacial score (nSPS) is 22.9. The van der Waals surface area contributed by atoms with Crippen molar-refractivity contribution in [1.29, 1.82) is 0 Å². The Bertz CT molecular complexity index is 1450. The molecule has 39 heavy (non-hydrogen) atoms. The van der Waals surface area contributed by atoms with Crippen LogP contribution in [0.5, 0.6) is 0 Å². The van der Waals surface area contributed by atoms with Crippen LogP contribution in [-0.4, -0.2) is 28.9 Å². The fourth-order valence-corrected chi connectivity index (χ4v) is 7.01. The predicted octanol–water partition coefficient (Wildman–Crippen LogP) is 9.31. The lowest BCUT2D eigenvalue weighted by Crippen LogP contribution is -2.12. The molecule has 8 bridgehead atoms. The Labute approximate surface area is 235 Å². The highest BCUT2D eigenvalue weighted by molar-refractivity contribution is 6.18. The molecule has 0 aromatic carbocycles. The molecule has 0 spiro atoms. The fraction of sp³-hybridized carbons (Fsp3) is 0.486. The maximum atomic E-state index is 5.32. The molecule has 5 rings (SSSR count). The van der Waals surface area contributed by atoms with Crippen molar-refractivity contribution in [3.05, 3.63) is 79.9 Å². The number of hydrogen-bond donors (Lipinski definition) is 0. The summed E-state index contributed by atoms with van der Waals surface area (Å²) in [7, 11) is 0. The molecule has 5 aliphatic rings. The molecular formula is C35H44N4. The molecule has 1 unspecified atom stereocenters. The van der Waals surface area contributed by atoms with E-state index in [0.717, 1.165) is 85.6 Å². The maximum absolute atomic E-state index is 5.32.